The molecule has 1 fully saturated rings. The van der Waals surface area contributed by atoms with Crippen molar-refractivity contribution in [3.8, 4) is 0 Å². The molecule has 7 nitrogen and oxygen atoms in total. The molecule has 2 amide bonds. The predicted octanol–water partition coefficient (Wildman–Crippen LogP) is 2.82. The molecule has 1 aromatic heterocycles. The quantitative estimate of drug-likeness (QED) is 0.872. The highest BCUT2D eigenvalue weighted by molar-refractivity contribution is 5.88. The number of amides is 2. The molecule has 0 spiro atoms. The Bertz CT molecular complexity index is 555. The molecule has 0 aliphatic carbocycles. The van der Waals surface area contributed by atoms with Crippen molar-refractivity contribution < 1.29 is 14.7 Å². The van der Waals surface area contributed by atoms with Gasteiger partial charge in [-0.25, -0.2) is 9.48 Å². The molecule has 0 saturated carbocycles. The van der Waals surface area contributed by atoms with Gasteiger partial charge in [-0.05, 0) is 32.1 Å². The SMILES string of the molecule is CC(C)CC(C)n1nccc1NC(=O)N1CCCC(C(=O)O)C1. The number of hydrogen-bond donors (Lipinski definition) is 2. The summed E-state index contributed by atoms with van der Waals surface area (Å²) in [5.74, 6) is -0.117. The summed E-state index contributed by atoms with van der Waals surface area (Å²) >= 11 is 0. The van der Waals surface area contributed by atoms with Gasteiger partial charge in [-0.15, -0.1) is 0 Å². The minimum Gasteiger partial charge on any atom is -0.481 e. The van der Waals surface area contributed by atoms with E-state index in [2.05, 4.69) is 31.2 Å². The number of urea groups is 1. The van der Waals surface area contributed by atoms with Gasteiger partial charge in [0.2, 0.25) is 0 Å². The van der Waals surface area contributed by atoms with Crippen LogP contribution in [0.2, 0.25) is 0 Å². The predicted molar refractivity (Wildman–Crippen MR) is 87.3 cm³/mol. The average Bonchev–Trinajstić information content (AvgIpc) is 2.94. The normalized spacial score (nSPS) is 19.7. The van der Waals surface area contributed by atoms with Gasteiger partial charge in [0.25, 0.3) is 0 Å². The minimum absolute atomic E-state index is 0.188. The topological polar surface area (TPSA) is 87.5 Å². The third-order valence-corrected chi connectivity index (χ3v) is 4.19. The number of anilines is 1. The Morgan fingerprint density at radius 2 is 2.17 bits per heavy atom. The van der Waals surface area contributed by atoms with E-state index in [-0.39, 0.29) is 18.6 Å². The van der Waals surface area contributed by atoms with E-state index < -0.39 is 11.9 Å². The minimum atomic E-state index is -0.835. The number of aromatic nitrogens is 2. The number of rotatable bonds is 5. The fraction of sp³-hybridized carbons (Fsp3) is 0.688. The number of carboxylic acids is 1. The van der Waals surface area contributed by atoms with E-state index in [1.54, 1.807) is 17.2 Å². The monoisotopic (exact) mass is 322 g/mol. The van der Waals surface area contributed by atoms with E-state index in [9.17, 15) is 9.59 Å². The van der Waals surface area contributed by atoms with Crippen LogP contribution in [0, 0.1) is 11.8 Å². The van der Waals surface area contributed by atoms with E-state index in [1.165, 1.54) is 0 Å². The van der Waals surface area contributed by atoms with Gasteiger partial charge in [-0.2, -0.15) is 5.10 Å². The van der Waals surface area contributed by atoms with E-state index in [0.29, 0.717) is 31.1 Å². The Balaban J connectivity index is 2.00. The van der Waals surface area contributed by atoms with Crippen molar-refractivity contribution in [1.82, 2.24) is 14.7 Å². The first kappa shape index (κ1) is 17.3. The molecule has 1 saturated heterocycles. The molecular weight excluding hydrogens is 296 g/mol. The van der Waals surface area contributed by atoms with Gasteiger partial charge >= 0.3 is 12.0 Å². The number of carboxylic acid groups (broad SMARTS) is 1. The van der Waals surface area contributed by atoms with Crippen molar-refractivity contribution in [2.75, 3.05) is 18.4 Å². The van der Waals surface area contributed by atoms with Gasteiger partial charge in [0.1, 0.15) is 5.82 Å². The van der Waals surface area contributed by atoms with Crippen molar-refractivity contribution in [3.05, 3.63) is 12.3 Å². The Hall–Kier alpha value is -2.05. The summed E-state index contributed by atoms with van der Waals surface area (Å²) in [6, 6.07) is 1.70. The first-order valence-corrected chi connectivity index (χ1v) is 8.20. The standard InChI is InChI=1S/C16H26N4O3/c1-11(2)9-12(3)20-14(6-7-17-20)18-16(23)19-8-4-5-13(10-19)15(21)22/h6-7,11-13H,4-5,8-10H2,1-3H3,(H,18,23)(H,21,22). The maximum Gasteiger partial charge on any atom is 0.323 e. The van der Waals surface area contributed by atoms with Crippen LogP contribution in [0.3, 0.4) is 0 Å². The number of likely N-dealkylation sites (tertiary alicyclic amines) is 1. The molecule has 23 heavy (non-hydrogen) atoms. The Morgan fingerprint density at radius 1 is 1.43 bits per heavy atom. The van der Waals surface area contributed by atoms with Gasteiger partial charge in [0.15, 0.2) is 0 Å². The van der Waals surface area contributed by atoms with Crippen LogP contribution in [0.4, 0.5) is 10.6 Å². The van der Waals surface area contributed by atoms with E-state index in [4.69, 9.17) is 5.11 Å². The zero-order valence-electron chi connectivity index (χ0n) is 14.0. The molecule has 2 heterocycles. The number of hydrogen-bond acceptors (Lipinski definition) is 3. The summed E-state index contributed by atoms with van der Waals surface area (Å²) in [6.07, 6.45) is 3.98. The molecule has 2 rings (SSSR count). The van der Waals surface area contributed by atoms with Crippen molar-refractivity contribution in [2.45, 2.75) is 46.1 Å². The van der Waals surface area contributed by atoms with Crippen LogP contribution in [0.5, 0.6) is 0 Å². The Morgan fingerprint density at radius 3 is 2.83 bits per heavy atom. The molecule has 7 heteroatoms. The number of nitrogens with one attached hydrogen (secondary N) is 1. The van der Waals surface area contributed by atoms with Crippen molar-refractivity contribution in [2.24, 2.45) is 11.8 Å². The molecular formula is C16H26N4O3. The zero-order chi connectivity index (χ0) is 17.0. The number of carbonyl (C=O) groups is 2. The number of nitrogens with zero attached hydrogens (tertiary/aromatic N) is 3. The third-order valence-electron chi connectivity index (χ3n) is 4.19. The largest absolute Gasteiger partial charge is 0.481 e. The third kappa shape index (κ3) is 4.46. The summed E-state index contributed by atoms with van der Waals surface area (Å²) < 4.78 is 1.82. The fourth-order valence-corrected chi connectivity index (χ4v) is 3.10. The van der Waals surface area contributed by atoms with Gasteiger partial charge in [-0.1, -0.05) is 13.8 Å². The number of piperidine rings is 1. The fourth-order valence-electron chi connectivity index (χ4n) is 3.10. The molecule has 0 aromatic carbocycles. The van der Waals surface area contributed by atoms with E-state index in [0.717, 1.165) is 6.42 Å². The second kappa shape index (κ2) is 7.48. The molecule has 1 aliphatic heterocycles. The van der Waals surface area contributed by atoms with Crippen molar-refractivity contribution >= 4 is 17.8 Å². The lowest BCUT2D eigenvalue weighted by Gasteiger charge is -2.31. The Kier molecular flexibility index (Phi) is 5.63. The maximum absolute atomic E-state index is 12.4. The first-order chi connectivity index (χ1) is 10.9. The number of carbonyl (C=O) groups excluding carboxylic acids is 1. The summed E-state index contributed by atoms with van der Waals surface area (Å²) in [7, 11) is 0. The van der Waals surface area contributed by atoms with Crippen LogP contribution in [-0.2, 0) is 4.79 Å². The van der Waals surface area contributed by atoms with Gasteiger partial charge < -0.3 is 10.0 Å². The van der Waals surface area contributed by atoms with E-state index in [1.807, 2.05) is 4.68 Å². The first-order valence-electron chi connectivity index (χ1n) is 8.20. The lowest BCUT2D eigenvalue weighted by atomic mass is 9.99. The average molecular weight is 322 g/mol. The molecule has 0 radical (unpaired) electrons. The molecule has 2 atom stereocenters. The molecule has 1 aliphatic rings. The maximum atomic E-state index is 12.4. The summed E-state index contributed by atoms with van der Waals surface area (Å²) in [6.45, 7) is 7.22. The van der Waals surface area contributed by atoms with Gasteiger partial charge in [-0.3, -0.25) is 10.1 Å². The van der Waals surface area contributed by atoms with Gasteiger partial charge in [0, 0.05) is 19.2 Å². The second-order valence-electron chi connectivity index (χ2n) is 6.69. The molecule has 128 valence electrons. The lowest BCUT2D eigenvalue weighted by Crippen LogP contribution is -2.44. The highest BCUT2D eigenvalue weighted by Gasteiger charge is 2.28. The van der Waals surface area contributed by atoms with Gasteiger partial charge in [0.05, 0.1) is 18.2 Å². The van der Waals surface area contributed by atoms with Crippen LogP contribution in [-0.4, -0.2) is 44.9 Å². The summed E-state index contributed by atoms with van der Waals surface area (Å²) in [5, 5.41) is 16.3. The van der Waals surface area contributed by atoms with Crippen LogP contribution in [0.25, 0.3) is 0 Å². The van der Waals surface area contributed by atoms with E-state index >= 15 is 0 Å². The lowest BCUT2D eigenvalue weighted by molar-refractivity contribution is -0.143. The summed E-state index contributed by atoms with van der Waals surface area (Å²) in [5.41, 5.74) is 0. The smallest absolute Gasteiger partial charge is 0.323 e. The molecule has 2 N–H and O–H groups in total. The second-order valence-corrected chi connectivity index (χ2v) is 6.69. The highest BCUT2D eigenvalue weighted by atomic mass is 16.4. The summed E-state index contributed by atoms with van der Waals surface area (Å²) in [4.78, 5) is 25.1. The van der Waals surface area contributed by atoms with Crippen LogP contribution in [0.15, 0.2) is 12.3 Å². The highest BCUT2D eigenvalue weighted by Crippen LogP contribution is 2.22. The van der Waals surface area contributed by atoms with Crippen molar-refractivity contribution in [1.29, 1.82) is 0 Å². The Labute approximate surface area is 136 Å². The zero-order valence-corrected chi connectivity index (χ0v) is 14.0. The van der Waals surface area contributed by atoms with Crippen LogP contribution in [0.1, 0.15) is 46.1 Å². The molecule has 1 aromatic rings. The number of aliphatic carboxylic acids is 1. The van der Waals surface area contributed by atoms with Crippen LogP contribution < -0.4 is 5.32 Å². The van der Waals surface area contributed by atoms with Crippen molar-refractivity contribution in [3.63, 3.8) is 0 Å². The molecule has 2 unspecified atom stereocenters. The molecule has 0 bridgehead atoms. The van der Waals surface area contributed by atoms with Crippen LogP contribution >= 0.6 is 0 Å².